The molecule has 0 saturated heterocycles. The Bertz CT molecular complexity index is 639. The van der Waals surface area contributed by atoms with Crippen LogP contribution in [0.3, 0.4) is 0 Å². The van der Waals surface area contributed by atoms with Gasteiger partial charge in [-0.15, -0.1) is 0 Å². The van der Waals surface area contributed by atoms with Crippen LogP contribution in [0, 0.1) is 0 Å². The summed E-state index contributed by atoms with van der Waals surface area (Å²) in [6.45, 7) is 0. The van der Waals surface area contributed by atoms with Crippen molar-refractivity contribution in [2.45, 2.75) is 6.18 Å². The van der Waals surface area contributed by atoms with Crippen LogP contribution in [-0.4, -0.2) is 17.9 Å². The highest BCUT2D eigenvalue weighted by Gasteiger charge is 2.30. The number of benzene rings is 1. The number of carbonyl (C=O) groups excluding carboxylic acids is 1. The van der Waals surface area contributed by atoms with Crippen molar-refractivity contribution in [1.29, 1.82) is 0 Å². The zero-order chi connectivity index (χ0) is 15.5. The zero-order valence-corrected chi connectivity index (χ0v) is 11.0. The van der Waals surface area contributed by atoms with Crippen molar-refractivity contribution in [1.82, 2.24) is 4.98 Å². The van der Waals surface area contributed by atoms with Gasteiger partial charge in [-0.25, -0.2) is 4.98 Å². The van der Waals surface area contributed by atoms with E-state index in [1.165, 1.54) is 24.4 Å². The number of pyridine rings is 1. The molecule has 0 saturated carbocycles. The first-order valence-electron chi connectivity index (χ1n) is 6.02. The van der Waals surface area contributed by atoms with Crippen molar-refractivity contribution >= 4 is 17.4 Å². The molecule has 0 aliphatic rings. The fourth-order valence-electron chi connectivity index (χ4n) is 1.65. The smallest absolute Gasteiger partial charge is 0.373 e. The number of carbonyl (C=O) groups is 1. The van der Waals surface area contributed by atoms with Crippen molar-refractivity contribution in [2.75, 3.05) is 17.7 Å². The van der Waals surface area contributed by atoms with Gasteiger partial charge in [0.25, 0.3) is 5.91 Å². The number of rotatable bonds is 3. The van der Waals surface area contributed by atoms with Gasteiger partial charge in [0.1, 0.15) is 5.82 Å². The van der Waals surface area contributed by atoms with E-state index in [9.17, 15) is 18.0 Å². The van der Waals surface area contributed by atoms with Crippen LogP contribution in [0.4, 0.5) is 24.7 Å². The minimum absolute atomic E-state index is 0.0764. The normalized spacial score (nSPS) is 11.0. The number of nitrogens with one attached hydrogen (secondary N) is 2. The van der Waals surface area contributed by atoms with Crippen LogP contribution in [0.25, 0.3) is 0 Å². The lowest BCUT2D eigenvalue weighted by Gasteiger charge is -2.10. The van der Waals surface area contributed by atoms with E-state index in [1.54, 1.807) is 13.1 Å². The monoisotopic (exact) mass is 295 g/mol. The van der Waals surface area contributed by atoms with Crippen LogP contribution < -0.4 is 10.6 Å². The Hall–Kier alpha value is -2.57. The maximum atomic E-state index is 12.6. The van der Waals surface area contributed by atoms with Gasteiger partial charge in [-0.05, 0) is 30.3 Å². The van der Waals surface area contributed by atoms with Crippen molar-refractivity contribution < 1.29 is 18.0 Å². The molecule has 0 aliphatic carbocycles. The summed E-state index contributed by atoms with van der Waals surface area (Å²) in [6, 6.07) is 7.58. The Morgan fingerprint density at radius 1 is 1.19 bits per heavy atom. The highest BCUT2D eigenvalue weighted by molar-refractivity contribution is 6.04. The molecule has 1 heterocycles. The highest BCUT2D eigenvalue weighted by Crippen LogP contribution is 2.30. The van der Waals surface area contributed by atoms with Gasteiger partial charge in [-0.2, -0.15) is 13.2 Å². The molecular formula is C14H12F3N3O. The van der Waals surface area contributed by atoms with Crippen molar-refractivity contribution in [3.05, 3.63) is 53.7 Å². The van der Waals surface area contributed by atoms with E-state index in [-0.39, 0.29) is 11.3 Å². The second-order valence-electron chi connectivity index (χ2n) is 4.21. The first-order chi connectivity index (χ1) is 9.90. The third-order valence-electron chi connectivity index (χ3n) is 2.73. The molecule has 1 aromatic heterocycles. The largest absolute Gasteiger partial charge is 0.416 e. The summed E-state index contributed by atoms with van der Waals surface area (Å²) in [4.78, 5) is 15.9. The average Bonchev–Trinajstić information content (AvgIpc) is 2.47. The summed E-state index contributed by atoms with van der Waals surface area (Å²) in [5.41, 5.74) is -0.483. The predicted molar refractivity (Wildman–Crippen MR) is 73.2 cm³/mol. The van der Waals surface area contributed by atoms with Crippen LogP contribution in [0.1, 0.15) is 15.9 Å². The maximum absolute atomic E-state index is 12.6. The molecule has 1 amide bonds. The second-order valence-corrected chi connectivity index (χ2v) is 4.21. The fraction of sp³-hybridized carbons (Fsp3) is 0.143. The Labute approximate surface area is 119 Å². The van der Waals surface area contributed by atoms with Gasteiger partial charge in [0.15, 0.2) is 0 Å². The van der Waals surface area contributed by atoms with Gasteiger partial charge < -0.3 is 10.6 Å². The summed E-state index contributed by atoms with van der Waals surface area (Å²) < 4.78 is 37.7. The Morgan fingerprint density at radius 2 is 1.95 bits per heavy atom. The van der Waals surface area contributed by atoms with Crippen molar-refractivity contribution in [3.8, 4) is 0 Å². The van der Waals surface area contributed by atoms with E-state index in [0.29, 0.717) is 5.82 Å². The maximum Gasteiger partial charge on any atom is 0.416 e. The SMILES string of the molecule is CNc1ccc(C(=O)Nc2cccc(C(F)(F)F)c2)cn1. The molecule has 0 aliphatic heterocycles. The lowest BCUT2D eigenvalue weighted by molar-refractivity contribution is -0.137. The molecule has 0 bridgehead atoms. The number of amides is 1. The number of hydrogen-bond acceptors (Lipinski definition) is 3. The molecule has 0 fully saturated rings. The van der Waals surface area contributed by atoms with E-state index in [2.05, 4.69) is 15.6 Å². The first kappa shape index (κ1) is 14.8. The topological polar surface area (TPSA) is 54.0 Å². The number of aromatic nitrogens is 1. The average molecular weight is 295 g/mol. The quantitative estimate of drug-likeness (QED) is 0.912. The summed E-state index contributed by atoms with van der Waals surface area (Å²) >= 11 is 0. The third-order valence-corrected chi connectivity index (χ3v) is 2.73. The number of anilines is 2. The summed E-state index contributed by atoms with van der Waals surface area (Å²) in [5, 5.41) is 5.21. The minimum Gasteiger partial charge on any atom is -0.373 e. The van der Waals surface area contributed by atoms with Crippen molar-refractivity contribution in [3.63, 3.8) is 0 Å². The second kappa shape index (κ2) is 5.82. The molecule has 1 aromatic carbocycles. The van der Waals surface area contributed by atoms with Crippen LogP contribution >= 0.6 is 0 Å². The number of hydrogen-bond donors (Lipinski definition) is 2. The van der Waals surface area contributed by atoms with Crippen LogP contribution in [0.5, 0.6) is 0 Å². The molecule has 2 rings (SSSR count). The van der Waals surface area contributed by atoms with Gasteiger partial charge in [-0.1, -0.05) is 6.07 Å². The molecule has 2 N–H and O–H groups in total. The van der Waals surface area contributed by atoms with Crippen LogP contribution in [0.2, 0.25) is 0 Å². The molecule has 7 heteroatoms. The molecule has 0 atom stereocenters. The first-order valence-corrected chi connectivity index (χ1v) is 6.02. The van der Waals surface area contributed by atoms with E-state index in [1.807, 2.05) is 0 Å². The van der Waals surface area contributed by atoms with E-state index in [0.717, 1.165) is 12.1 Å². The number of alkyl halides is 3. The summed E-state index contributed by atoms with van der Waals surface area (Å²) in [6.07, 6.45) is -3.11. The molecule has 21 heavy (non-hydrogen) atoms. The summed E-state index contributed by atoms with van der Waals surface area (Å²) in [5.74, 6) is 0.0649. The van der Waals surface area contributed by atoms with Crippen molar-refractivity contribution in [2.24, 2.45) is 0 Å². The van der Waals surface area contributed by atoms with Gasteiger partial charge >= 0.3 is 6.18 Å². The summed E-state index contributed by atoms with van der Waals surface area (Å²) in [7, 11) is 1.69. The lowest BCUT2D eigenvalue weighted by Crippen LogP contribution is -2.13. The Kier molecular flexibility index (Phi) is 4.11. The van der Waals surface area contributed by atoms with Gasteiger partial charge in [0.05, 0.1) is 11.1 Å². The highest BCUT2D eigenvalue weighted by atomic mass is 19.4. The van der Waals surface area contributed by atoms with Crippen LogP contribution in [-0.2, 0) is 6.18 Å². The third kappa shape index (κ3) is 3.71. The molecule has 4 nitrogen and oxygen atoms in total. The van der Waals surface area contributed by atoms with Gasteiger partial charge in [0, 0.05) is 18.9 Å². The van der Waals surface area contributed by atoms with E-state index >= 15 is 0 Å². The van der Waals surface area contributed by atoms with Crippen LogP contribution in [0.15, 0.2) is 42.6 Å². The molecule has 0 unspecified atom stereocenters. The number of nitrogens with zero attached hydrogens (tertiary/aromatic N) is 1. The molecule has 110 valence electrons. The zero-order valence-electron chi connectivity index (χ0n) is 11.0. The van der Waals surface area contributed by atoms with Gasteiger partial charge in [0.2, 0.25) is 0 Å². The molecule has 0 radical (unpaired) electrons. The molecule has 0 spiro atoms. The van der Waals surface area contributed by atoms with E-state index in [4.69, 9.17) is 0 Å². The standard InChI is InChI=1S/C14H12F3N3O/c1-18-12-6-5-9(8-19-12)13(21)20-11-4-2-3-10(7-11)14(15,16)17/h2-8H,1H3,(H,18,19)(H,20,21). The molecule has 2 aromatic rings. The fourth-order valence-corrected chi connectivity index (χ4v) is 1.65. The van der Waals surface area contributed by atoms with E-state index < -0.39 is 17.6 Å². The number of halogens is 3. The van der Waals surface area contributed by atoms with Gasteiger partial charge in [-0.3, -0.25) is 4.79 Å². The lowest BCUT2D eigenvalue weighted by atomic mass is 10.2. The Balaban J connectivity index is 2.15. The predicted octanol–water partition coefficient (Wildman–Crippen LogP) is 3.39. The Morgan fingerprint density at radius 3 is 2.52 bits per heavy atom. The molecular weight excluding hydrogens is 283 g/mol. The minimum atomic E-state index is -4.45.